The molecule has 8 nitrogen and oxygen atoms in total. The molecule has 2 aliphatic rings. The lowest BCUT2D eigenvalue weighted by molar-refractivity contribution is -0.136. The van der Waals surface area contributed by atoms with Gasteiger partial charge in [-0.15, -0.1) is 10.2 Å². The van der Waals surface area contributed by atoms with Gasteiger partial charge in [0.05, 0.1) is 11.6 Å². The normalized spacial score (nSPS) is 16.4. The Labute approximate surface area is 210 Å². The zero-order valence-corrected chi connectivity index (χ0v) is 20.3. The summed E-state index contributed by atoms with van der Waals surface area (Å²) in [6, 6.07) is 13.9. The summed E-state index contributed by atoms with van der Waals surface area (Å²) in [5.74, 6) is 0.649. The zero-order chi connectivity index (χ0) is 25.2. The zero-order valence-electron chi connectivity index (χ0n) is 20.3. The summed E-state index contributed by atoms with van der Waals surface area (Å²) >= 11 is 0. The molecule has 36 heavy (non-hydrogen) atoms. The number of likely N-dealkylation sites (tertiary alicyclic amines) is 1. The molecule has 0 unspecified atom stereocenters. The number of aryl methyl sites for hydroxylation is 1. The highest BCUT2D eigenvalue weighted by Crippen LogP contribution is 2.42. The van der Waals surface area contributed by atoms with Crippen molar-refractivity contribution in [3.8, 4) is 17.5 Å². The predicted molar refractivity (Wildman–Crippen MR) is 134 cm³/mol. The molecule has 184 valence electrons. The number of aliphatic carboxylic acids is 1. The first-order valence-electron chi connectivity index (χ1n) is 12.5. The molecule has 5 rings (SSSR count). The monoisotopic (exact) mass is 483 g/mol. The lowest BCUT2D eigenvalue weighted by Gasteiger charge is -2.33. The molecule has 2 N–H and O–H groups in total. The number of nitrogens with one attached hydrogen (secondary N) is 1. The Balaban J connectivity index is 1.37. The second-order valence-electron chi connectivity index (χ2n) is 9.87. The van der Waals surface area contributed by atoms with Crippen LogP contribution in [0.4, 0.5) is 0 Å². The molecule has 1 aliphatic heterocycles. The Kier molecular flexibility index (Phi) is 6.55. The van der Waals surface area contributed by atoms with Crippen LogP contribution in [0.3, 0.4) is 0 Å². The van der Waals surface area contributed by atoms with Crippen molar-refractivity contribution in [2.24, 2.45) is 0 Å². The van der Waals surface area contributed by atoms with Gasteiger partial charge in [-0.05, 0) is 79.3 Å². The number of carboxylic acid groups (broad SMARTS) is 1. The van der Waals surface area contributed by atoms with Gasteiger partial charge in [0.25, 0.3) is 5.91 Å². The number of amides is 1. The minimum Gasteiger partial charge on any atom is -0.481 e. The van der Waals surface area contributed by atoms with Crippen LogP contribution in [0.1, 0.15) is 82.4 Å². The van der Waals surface area contributed by atoms with Gasteiger partial charge >= 0.3 is 5.97 Å². The smallest absolute Gasteiger partial charge is 0.311 e. The molecule has 0 spiro atoms. The van der Waals surface area contributed by atoms with E-state index in [1.54, 1.807) is 0 Å². The third-order valence-electron chi connectivity index (χ3n) is 7.57. The van der Waals surface area contributed by atoms with Crippen LogP contribution in [0.25, 0.3) is 11.4 Å². The number of carbonyl (C=O) groups is 2. The number of hydrogen-bond donors (Lipinski definition) is 2. The van der Waals surface area contributed by atoms with Gasteiger partial charge in [0.2, 0.25) is 0 Å². The molecular formula is C28H29N5O3. The van der Waals surface area contributed by atoms with E-state index in [2.05, 4.69) is 27.3 Å². The maximum Gasteiger partial charge on any atom is 0.311 e. The van der Waals surface area contributed by atoms with Crippen molar-refractivity contribution < 1.29 is 14.7 Å². The van der Waals surface area contributed by atoms with E-state index in [4.69, 9.17) is 10.4 Å². The fourth-order valence-corrected chi connectivity index (χ4v) is 5.28. The van der Waals surface area contributed by atoms with Crippen LogP contribution in [0, 0.1) is 18.3 Å². The first kappa shape index (κ1) is 23.7. The first-order valence-corrected chi connectivity index (χ1v) is 12.5. The summed E-state index contributed by atoms with van der Waals surface area (Å²) in [6.45, 7) is 3.33. The van der Waals surface area contributed by atoms with Gasteiger partial charge in [-0.1, -0.05) is 24.6 Å². The Hall–Kier alpha value is -3.99. The summed E-state index contributed by atoms with van der Waals surface area (Å²) in [5.41, 5.74) is 5.46. The number of carbonyl (C=O) groups excluding carboxylic acids is 1. The van der Waals surface area contributed by atoms with Crippen LogP contribution < -0.4 is 0 Å². The fourth-order valence-electron chi connectivity index (χ4n) is 5.28. The topological polar surface area (TPSA) is 123 Å². The van der Waals surface area contributed by atoms with Gasteiger partial charge in [-0.2, -0.15) is 5.26 Å². The first-order chi connectivity index (χ1) is 17.4. The van der Waals surface area contributed by atoms with Crippen molar-refractivity contribution >= 4 is 11.9 Å². The second kappa shape index (κ2) is 9.94. The Morgan fingerprint density at radius 2 is 1.81 bits per heavy atom. The van der Waals surface area contributed by atoms with Crippen LogP contribution in [0.15, 0.2) is 36.4 Å². The van der Waals surface area contributed by atoms with Crippen LogP contribution in [-0.4, -0.2) is 50.2 Å². The van der Waals surface area contributed by atoms with E-state index >= 15 is 0 Å². The van der Waals surface area contributed by atoms with E-state index < -0.39 is 5.97 Å². The number of rotatable bonds is 6. The van der Waals surface area contributed by atoms with Gasteiger partial charge in [-0.3, -0.25) is 9.59 Å². The van der Waals surface area contributed by atoms with E-state index in [1.165, 1.54) is 12.0 Å². The third kappa shape index (κ3) is 4.74. The number of nitrogens with zero attached hydrogens (tertiary/aromatic N) is 4. The number of carboxylic acids is 1. The highest BCUT2D eigenvalue weighted by Gasteiger charge is 2.29. The summed E-state index contributed by atoms with van der Waals surface area (Å²) in [7, 11) is 0. The second-order valence-corrected chi connectivity index (χ2v) is 9.87. The molecule has 2 heterocycles. The van der Waals surface area contributed by atoms with Crippen molar-refractivity contribution in [2.75, 3.05) is 13.1 Å². The number of hydrogen-bond acceptors (Lipinski definition) is 5. The molecule has 1 saturated carbocycles. The molecule has 8 heteroatoms. The van der Waals surface area contributed by atoms with Crippen LogP contribution in [0.5, 0.6) is 0 Å². The molecule has 2 aromatic carbocycles. The Morgan fingerprint density at radius 3 is 2.42 bits per heavy atom. The molecule has 1 saturated heterocycles. The SMILES string of the molecule is Cc1cc(C2CCC2)c(-c2nnc(CC(=O)O)[nH]2)cc1C(=O)N1CCC(c2ccc(C#N)cc2)CC1. The number of H-pyrrole nitrogens is 1. The van der Waals surface area contributed by atoms with Gasteiger partial charge in [0.1, 0.15) is 12.2 Å². The van der Waals surface area contributed by atoms with Crippen molar-refractivity contribution in [1.29, 1.82) is 5.26 Å². The summed E-state index contributed by atoms with van der Waals surface area (Å²) < 4.78 is 0. The van der Waals surface area contributed by atoms with Crippen molar-refractivity contribution in [1.82, 2.24) is 20.1 Å². The van der Waals surface area contributed by atoms with E-state index in [0.29, 0.717) is 47.7 Å². The third-order valence-corrected chi connectivity index (χ3v) is 7.57. The molecule has 0 radical (unpaired) electrons. The molecule has 1 amide bonds. The summed E-state index contributed by atoms with van der Waals surface area (Å²) in [4.78, 5) is 29.7. The van der Waals surface area contributed by atoms with Gasteiger partial charge in [-0.25, -0.2) is 0 Å². The predicted octanol–water partition coefficient (Wildman–Crippen LogP) is 4.57. The minimum atomic E-state index is -0.971. The Morgan fingerprint density at radius 1 is 1.08 bits per heavy atom. The van der Waals surface area contributed by atoms with Crippen molar-refractivity contribution in [2.45, 2.75) is 57.3 Å². The van der Waals surface area contributed by atoms with Crippen molar-refractivity contribution in [3.05, 3.63) is 70.0 Å². The average molecular weight is 484 g/mol. The molecule has 3 aromatic rings. The van der Waals surface area contributed by atoms with Crippen LogP contribution in [0.2, 0.25) is 0 Å². The van der Waals surface area contributed by atoms with Gasteiger partial charge in [0.15, 0.2) is 5.82 Å². The summed E-state index contributed by atoms with van der Waals surface area (Å²) in [5, 5.41) is 26.4. The van der Waals surface area contributed by atoms with E-state index in [-0.39, 0.29) is 12.3 Å². The van der Waals surface area contributed by atoms with E-state index in [9.17, 15) is 9.59 Å². The number of nitriles is 1. The minimum absolute atomic E-state index is 0.0115. The number of piperidine rings is 1. The van der Waals surface area contributed by atoms with Crippen LogP contribution >= 0.6 is 0 Å². The molecular weight excluding hydrogens is 454 g/mol. The molecule has 2 fully saturated rings. The van der Waals surface area contributed by atoms with Crippen molar-refractivity contribution in [3.63, 3.8) is 0 Å². The summed E-state index contributed by atoms with van der Waals surface area (Å²) in [6.07, 6.45) is 4.91. The standard InChI is InChI=1S/C28H29N5O3/c1-17-13-23(21-3-2-4-21)24(27-30-25(31-32-27)15-26(34)35)14-22(17)28(36)33-11-9-20(10-12-33)19-7-5-18(16-29)6-8-19/h5-8,13-14,20-21H,2-4,9-12,15H2,1H3,(H,34,35)(H,30,31,32). The Bertz CT molecular complexity index is 1330. The molecule has 1 aliphatic carbocycles. The molecule has 0 bridgehead atoms. The van der Waals surface area contributed by atoms with E-state index in [0.717, 1.165) is 42.4 Å². The lowest BCUT2D eigenvalue weighted by atomic mass is 9.77. The van der Waals surface area contributed by atoms with Crippen LogP contribution in [-0.2, 0) is 11.2 Å². The van der Waals surface area contributed by atoms with E-state index in [1.807, 2.05) is 42.2 Å². The average Bonchev–Trinajstić information content (AvgIpc) is 3.30. The van der Waals surface area contributed by atoms with Gasteiger partial charge < -0.3 is 15.0 Å². The number of aromatic nitrogens is 3. The maximum absolute atomic E-state index is 13.6. The highest BCUT2D eigenvalue weighted by atomic mass is 16.4. The maximum atomic E-state index is 13.6. The molecule has 1 aromatic heterocycles. The quantitative estimate of drug-likeness (QED) is 0.530. The highest BCUT2D eigenvalue weighted by molar-refractivity contribution is 5.97. The van der Waals surface area contributed by atoms with Gasteiger partial charge in [0, 0.05) is 24.2 Å². The lowest BCUT2D eigenvalue weighted by Crippen LogP contribution is -2.38. The number of benzene rings is 2. The number of aromatic amines is 1. The molecule has 0 atom stereocenters. The largest absolute Gasteiger partial charge is 0.481 e. The fraction of sp³-hybridized carbons (Fsp3) is 0.393.